The number of hydrogen-bond donors (Lipinski definition) is 1. The van der Waals surface area contributed by atoms with E-state index in [2.05, 4.69) is 15.2 Å². The molecule has 0 saturated carbocycles. The number of halogens is 6. The molecule has 1 aromatic carbocycles. The van der Waals surface area contributed by atoms with E-state index in [-0.39, 0.29) is 19.3 Å². The number of Topliss-reactive ketones (excluding diaryl/α,β-unsaturated/α-hetero) is 1. The van der Waals surface area contributed by atoms with Crippen LogP contribution in [0.4, 0.5) is 32.0 Å². The van der Waals surface area contributed by atoms with Crippen LogP contribution in [0.5, 0.6) is 5.88 Å². The molecule has 40 heavy (non-hydrogen) atoms. The number of fused-ring (bicyclic) bond motifs is 5. The molecule has 218 valence electrons. The minimum atomic E-state index is -5.20. The Balaban J connectivity index is 0.00000216. The van der Waals surface area contributed by atoms with Gasteiger partial charge in [-0.25, -0.2) is 4.98 Å². The molecule has 0 amide bonds. The predicted molar refractivity (Wildman–Crippen MR) is 131 cm³/mol. The second-order valence-corrected chi connectivity index (χ2v) is 8.82. The molecular formula is C26H28F6N4O4. The van der Waals surface area contributed by atoms with Crippen LogP contribution in [0.1, 0.15) is 63.5 Å². The number of carbonyl (C=O) groups is 1. The number of pyridine rings is 1. The third-order valence-electron chi connectivity index (χ3n) is 5.91. The van der Waals surface area contributed by atoms with Gasteiger partial charge in [0.1, 0.15) is 11.3 Å². The number of ketones is 1. The smallest absolute Gasteiger partial charge is 0.427 e. The lowest BCUT2D eigenvalue weighted by molar-refractivity contribution is -0.297. The van der Waals surface area contributed by atoms with Gasteiger partial charge in [-0.05, 0) is 31.4 Å². The van der Waals surface area contributed by atoms with Gasteiger partial charge in [-0.3, -0.25) is 4.79 Å². The summed E-state index contributed by atoms with van der Waals surface area (Å²) in [5.41, 5.74) is 0.424. The molecule has 2 aromatic heterocycles. The Bertz CT molecular complexity index is 1300. The highest BCUT2D eigenvalue weighted by Gasteiger charge is 2.62. The van der Waals surface area contributed by atoms with Crippen molar-refractivity contribution in [1.82, 2.24) is 15.2 Å². The summed E-state index contributed by atoms with van der Waals surface area (Å²) in [5, 5.41) is 7.04. The lowest BCUT2D eigenvalue weighted by Gasteiger charge is -2.32. The third-order valence-corrected chi connectivity index (χ3v) is 5.91. The number of nitrogen functional groups attached to an aromatic ring is 1. The number of benzene rings is 1. The summed E-state index contributed by atoms with van der Waals surface area (Å²) in [6.45, 7) is 4.89. The first kappa shape index (κ1) is 30.9. The van der Waals surface area contributed by atoms with Crippen LogP contribution in [0.15, 0.2) is 40.8 Å². The van der Waals surface area contributed by atoms with Crippen LogP contribution in [0, 0.1) is 0 Å². The lowest BCUT2D eigenvalue weighted by Crippen LogP contribution is -2.47. The van der Waals surface area contributed by atoms with E-state index >= 15 is 0 Å². The van der Waals surface area contributed by atoms with Crippen molar-refractivity contribution in [3.05, 3.63) is 53.4 Å². The van der Waals surface area contributed by atoms with Gasteiger partial charge >= 0.3 is 12.4 Å². The zero-order chi connectivity index (χ0) is 29.7. The summed E-state index contributed by atoms with van der Waals surface area (Å²) in [7, 11) is 0. The van der Waals surface area contributed by atoms with E-state index in [1.165, 1.54) is 19.1 Å². The molecular weight excluding hydrogens is 546 g/mol. The number of carbonyl (C=O) groups excluding carboxylic acids is 1. The van der Waals surface area contributed by atoms with Crippen molar-refractivity contribution in [1.29, 1.82) is 0 Å². The van der Waals surface area contributed by atoms with Crippen LogP contribution >= 0.6 is 0 Å². The lowest BCUT2D eigenvalue weighted by atomic mass is 9.93. The van der Waals surface area contributed by atoms with Gasteiger partial charge < -0.3 is 19.6 Å². The maximum absolute atomic E-state index is 14.7. The molecule has 0 spiro atoms. The molecule has 4 rings (SSSR count). The van der Waals surface area contributed by atoms with Gasteiger partial charge in [0.2, 0.25) is 11.5 Å². The zero-order valence-corrected chi connectivity index (χ0v) is 21.9. The van der Waals surface area contributed by atoms with Gasteiger partial charge in [-0.1, -0.05) is 44.2 Å². The second-order valence-electron chi connectivity index (χ2n) is 8.82. The van der Waals surface area contributed by atoms with Crippen LogP contribution in [0.3, 0.4) is 0 Å². The first-order chi connectivity index (χ1) is 18.8. The highest BCUT2D eigenvalue weighted by Crippen LogP contribution is 2.47. The van der Waals surface area contributed by atoms with Crippen LogP contribution < -0.4 is 10.5 Å². The Hall–Kier alpha value is -3.68. The minimum absolute atomic E-state index is 0.0326. The van der Waals surface area contributed by atoms with Crippen LogP contribution in [-0.2, 0) is 27.9 Å². The zero-order valence-electron chi connectivity index (χ0n) is 21.9. The summed E-state index contributed by atoms with van der Waals surface area (Å²) in [6.07, 6.45) is -12.4. The molecule has 1 unspecified atom stereocenters. The highest BCUT2D eigenvalue weighted by atomic mass is 19.4. The maximum Gasteiger partial charge on any atom is 0.427 e. The van der Waals surface area contributed by atoms with Gasteiger partial charge in [0.25, 0.3) is 11.8 Å². The van der Waals surface area contributed by atoms with E-state index < -0.39 is 77.5 Å². The number of ether oxygens (including phenoxy) is 2. The van der Waals surface area contributed by atoms with E-state index in [0.29, 0.717) is 11.6 Å². The number of anilines is 1. The Kier molecular flexibility index (Phi) is 9.44. The molecule has 0 radical (unpaired) electrons. The van der Waals surface area contributed by atoms with E-state index in [9.17, 15) is 31.1 Å². The van der Waals surface area contributed by atoms with Crippen molar-refractivity contribution in [2.75, 3.05) is 5.73 Å². The predicted octanol–water partition coefficient (Wildman–Crippen LogP) is 6.64. The molecule has 2 atom stereocenters. The average Bonchev–Trinajstić information content (AvgIpc) is 3.37. The van der Waals surface area contributed by atoms with Gasteiger partial charge in [0, 0.05) is 6.42 Å². The summed E-state index contributed by atoms with van der Waals surface area (Å²) < 4.78 is 101. The van der Waals surface area contributed by atoms with Crippen molar-refractivity contribution in [3.63, 3.8) is 0 Å². The molecule has 3 aromatic rings. The molecule has 4 bridgehead atoms. The fraction of sp³-hybridized carbons (Fsp3) is 0.462. The Morgan fingerprint density at radius 1 is 1.10 bits per heavy atom. The quantitative estimate of drug-likeness (QED) is 0.346. The Labute approximate surface area is 225 Å². The highest BCUT2D eigenvalue weighted by molar-refractivity contribution is 5.79. The maximum atomic E-state index is 14.7. The number of aromatic nitrogens is 3. The van der Waals surface area contributed by atoms with E-state index in [0.717, 1.165) is 0 Å². The fourth-order valence-corrected chi connectivity index (χ4v) is 3.93. The molecule has 14 heteroatoms. The second kappa shape index (κ2) is 12.2. The molecule has 3 heterocycles. The number of alkyl halides is 6. The topological polar surface area (TPSA) is 113 Å². The van der Waals surface area contributed by atoms with Crippen molar-refractivity contribution in [2.45, 2.75) is 77.1 Å². The molecule has 0 aliphatic carbocycles. The fourth-order valence-electron chi connectivity index (χ4n) is 3.93. The van der Waals surface area contributed by atoms with Crippen LogP contribution in [-0.4, -0.2) is 33.2 Å². The van der Waals surface area contributed by atoms with E-state index in [4.69, 9.17) is 19.6 Å². The van der Waals surface area contributed by atoms with Crippen molar-refractivity contribution >= 4 is 11.5 Å². The van der Waals surface area contributed by atoms with Gasteiger partial charge in [-0.2, -0.15) is 26.3 Å². The molecule has 2 N–H and O–H groups in total. The standard InChI is InChI=1S/C24H22F6N4O4.C2H6/c1-13-6-5-9-15(35)11-22(24(28,29)30,36-12-14-7-3-2-4-8-14)21-34-33-20(38-21)18-17(31)10-16(23(25,26)27)19(32-18)37-13;1-2/h2-4,7-8,10,13H,5-6,9,11-12,31H2,1H3;1-2H3/t13-,22?;/m1./s1. The number of nitrogens with zero attached hydrogens (tertiary/aromatic N) is 3. The molecule has 0 saturated heterocycles. The van der Waals surface area contributed by atoms with Crippen LogP contribution in [0.25, 0.3) is 11.6 Å². The number of rotatable bonds is 3. The van der Waals surface area contributed by atoms with Crippen LogP contribution in [0.2, 0.25) is 0 Å². The molecule has 1 aliphatic rings. The summed E-state index contributed by atoms with van der Waals surface area (Å²) >= 11 is 0. The first-order valence-electron chi connectivity index (χ1n) is 12.4. The number of nitrogens with two attached hydrogens (primary N) is 1. The average molecular weight is 575 g/mol. The summed E-state index contributed by atoms with van der Waals surface area (Å²) in [5.74, 6) is -3.50. The van der Waals surface area contributed by atoms with E-state index in [1.807, 2.05) is 13.8 Å². The molecule has 8 nitrogen and oxygen atoms in total. The van der Waals surface area contributed by atoms with E-state index in [1.54, 1.807) is 18.2 Å². The monoisotopic (exact) mass is 574 g/mol. The van der Waals surface area contributed by atoms with Crippen molar-refractivity contribution < 1.29 is 45.0 Å². The Morgan fingerprint density at radius 3 is 2.40 bits per heavy atom. The van der Waals surface area contributed by atoms with Gasteiger partial charge in [0.15, 0.2) is 5.69 Å². The summed E-state index contributed by atoms with van der Waals surface area (Å²) in [4.78, 5) is 16.5. The first-order valence-corrected chi connectivity index (χ1v) is 12.4. The molecule has 1 aliphatic heterocycles. The Morgan fingerprint density at radius 2 is 1.77 bits per heavy atom. The van der Waals surface area contributed by atoms with Crippen molar-refractivity contribution in [2.24, 2.45) is 0 Å². The normalized spacial score (nSPS) is 20.1. The largest absolute Gasteiger partial charge is 0.474 e. The number of hydrogen-bond acceptors (Lipinski definition) is 8. The molecule has 0 fully saturated rings. The van der Waals surface area contributed by atoms with Crippen molar-refractivity contribution in [3.8, 4) is 17.5 Å². The van der Waals surface area contributed by atoms with Gasteiger partial charge in [0.05, 0.1) is 24.8 Å². The summed E-state index contributed by atoms with van der Waals surface area (Å²) in [6, 6.07) is 8.46. The third kappa shape index (κ3) is 6.72. The minimum Gasteiger partial charge on any atom is -0.474 e. The van der Waals surface area contributed by atoms with Gasteiger partial charge in [-0.15, -0.1) is 10.2 Å². The SMILES string of the molecule is CC.C[C@@H]1CCCC(=O)CC(OCc2ccccc2)(C(F)(F)F)c2nnc(o2)-c2nc(c(C(F)(F)F)cc2N)O1.